The lowest BCUT2D eigenvalue weighted by molar-refractivity contribution is -0.125. The van der Waals surface area contributed by atoms with Gasteiger partial charge in [-0.1, -0.05) is 37.6 Å². The minimum absolute atomic E-state index is 0.0261. The largest absolute Gasteiger partial charge is 0.289 e. The van der Waals surface area contributed by atoms with Crippen molar-refractivity contribution in [2.75, 3.05) is 14.1 Å². The number of hydrazine groups is 1. The van der Waals surface area contributed by atoms with Gasteiger partial charge in [-0.05, 0) is 24.5 Å². The number of rotatable bonds is 5. The number of benzene rings is 1. The molecule has 1 atom stereocenters. The molecule has 3 heteroatoms. The standard InChI is InChI=1S/C14H22N2O/c1-5-6-12-7-9-13(10-8-12)11(2)14(17)15-16(3)4/h7-11H,5-6H2,1-4H3,(H,15,17). The van der Waals surface area contributed by atoms with Crippen LogP contribution >= 0.6 is 0 Å². The van der Waals surface area contributed by atoms with Crippen molar-refractivity contribution < 1.29 is 4.79 Å². The van der Waals surface area contributed by atoms with Gasteiger partial charge in [0.2, 0.25) is 5.91 Å². The van der Waals surface area contributed by atoms with Crippen LogP contribution in [-0.2, 0) is 11.2 Å². The Morgan fingerprint density at radius 3 is 2.35 bits per heavy atom. The Balaban J connectivity index is 2.68. The molecule has 1 rings (SSSR count). The second-order valence-corrected chi connectivity index (χ2v) is 4.58. The molecule has 94 valence electrons. The Morgan fingerprint density at radius 2 is 1.88 bits per heavy atom. The first-order chi connectivity index (χ1) is 8.04. The van der Waals surface area contributed by atoms with Gasteiger partial charge in [0.25, 0.3) is 0 Å². The first kappa shape index (κ1) is 13.7. The van der Waals surface area contributed by atoms with Crippen LogP contribution in [0.3, 0.4) is 0 Å². The molecule has 1 amide bonds. The Hall–Kier alpha value is -1.35. The summed E-state index contributed by atoms with van der Waals surface area (Å²) in [6.45, 7) is 4.09. The maximum absolute atomic E-state index is 11.8. The molecule has 17 heavy (non-hydrogen) atoms. The van der Waals surface area contributed by atoms with Crippen LogP contribution in [0.1, 0.15) is 37.3 Å². The maximum atomic E-state index is 11.8. The highest BCUT2D eigenvalue weighted by Gasteiger charge is 2.15. The molecule has 0 aliphatic rings. The van der Waals surface area contributed by atoms with E-state index in [0.717, 1.165) is 18.4 Å². The van der Waals surface area contributed by atoms with E-state index in [1.54, 1.807) is 5.01 Å². The van der Waals surface area contributed by atoms with E-state index in [4.69, 9.17) is 0 Å². The van der Waals surface area contributed by atoms with E-state index >= 15 is 0 Å². The molecule has 1 aromatic carbocycles. The summed E-state index contributed by atoms with van der Waals surface area (Å²) in [5, 5.41) is 1.67. The van der Waals surface area contributed by atoms with Gasteiger partial charge < -0.3 is 0 Å². The number of aryl methyl sites for hydroxylation is 1. The highest BCUT2D eigenvalue weighted by molar-refractivity contribution is 5.82. The van der Waals surface area contributed by atoms with E-state index in [0.29, 0.717) is 0 Å². The zero-order valence-corrected chi connectivity index (χ0v) is 11.2. The number of hydrogen-bond acceptors (Lipinski definition) is 2. The monoisotopic (exact) mass is 234 g/mol. The maximum Gasteiger partial charge on any atom is 0.241 e. The topological polar surface area (TPSA) is 32.3 Å². The van der Waals surface area contributed by atoms with E-state index < -0.39 is 0 Å². The first-order valence-electron chi connectivity index (χ1n) is 6.11. The van der Waals surface area contributed by atoms with Crippen molar-refractivity contribution in [2.24, 2.45) is 0 Å². The number of amides is 1. The van der Waals surface area contributed by atoms with Crippen LogP contribution in [0.4, 0.5) is 0 Å². The van der Waals surface area contributed by atoms with E-state index in [9.17, 15) is 4.79 Å². The number of nitrogens with one attached hydrogen (secondary N) is 1. The average Bonchev–Trinajstić information content (AvgIpc) is 2.28. The fourth-order valence-corrected chi connectivity index (χ4v) is 1.73. The summed E-state index contributed by atoms with van der Waals surface area (Å²) >= 11 is 0. The number of carbonyl (C=O) groups is 1. The molecular formula is C14H22N2O. The van der Waals surface area contributed by atoms with Crippen molar-refractivity contribution in [1.82, 2.24) is 10.4 Å². The van der Waals surface area contributed by atoms with Gasteiger partial charge in [-0.3, -0.25) is 10.2 Å². The van der Waals surface area contributed by atoms with E-state index in [1.807, 2.05) is 33.2 Å². The quantitative estimate of drug-likeness (QED) is 0.793. The summed E-state index contributed by atoms with van der Waals surface area (Å²) in [7, 11) is 3.63. The summed E-state index contributed by atoms with van der Waals surface area (Å²) in [5.74, 6) is -0.0914. The molecule has 0 saturated carbocycles. The minimum Gasteiger partial charge on any atom is -0.289 e. The van der Waals surface area contributed by atoms with Crippen molar-refractivity contribution in [3.8, 4) is 0 Å². The summed E-state index contributed by atoms with van der Waals surface area (Å²) in [4.78, 5) is 11.8. The van der Waals surface area contributed by atoms with Crippen molar-refractivity contribution in [3.63, 3.8) is 0 Å². The van der Waals surface area contributed by atoms with Gasteiger partial charge in [-0.15, -0.1) is 0 Å². The molecule has 0 bridgehead atoms. The third-order valence-electron chi connectivity index (χ3n) is 2.75. The summed E-state index contributed by atoms with van der Waals surface area (Å²) < 4.78 is 0. The zero-order valence-electron chi connectivity index (χ0n) is 11.2. The molecule has 0 aromatic heterocycles. The summed E-state index contributed by atoms with van der Waals surface area (Å²) in [5.41, 5.74) is 5.16. The van der Waals surface area contributed by atoms with Crippen LogP contribution in [0.15, 0.2) is 24.3 Å². The van der Waals surface area contributed by atoms with Crippen molar-refractivity contribution in [3.05, 3.63) is 35.4 Å². The molecule has 0 fully saturated rings. The van der Waals surface area contributed by atoms with E-state index in [-0.39, 0.29) is 11.8 Å². The van der Waals surface area contributed by atoms with E-state index in [2.05, 4.69) is 24.5 Å². The van der Waals surface area contributed by atoms with Crippen molar-refractivity contribution in [2.45, 2.75) is 32.6 Å². The third-order valence-corrected chi connectivity index (χ3v) is 2.75. The summed E-state index contributed by atoms with van der Waals surface area (Å²) in [6.07, 6.45) is 2.24. The van der Waals surface area contributed by atoms with E-state index in [1.165, 1.54) is 5.56 Å². The predicted molar refractivity (Wildman–Crippen MR) is 70.7 cm³/mol. The Bertz CT molecular complexity index is 357. The number of nitrogens with zero attached hydrogens (tertiary/aromatic N) is 1. The first-order valence-corrected chi connectivity index (χ1v) is 6.11. The second-order valence-electron chi connectivity index (χ2n) is 4.58. The summed E-state index contributed by atoms with van der Waals surface area (Å²) in [6, 6.07) is 8.31. The number of hydrogen-bond donors (Lipinski definition) is 1. The molecule has 1 N–H and O–H groups in total. The molecule has 0 aliphatic heterocycles. The molecule has 0 saturated heterocycles. The van der Waals surface area contributed by atoms with Crippen LogP contribution in [0.5, 0.6) is 0 Å². The van der Waals surface area contributed by atoms with Gasteiger partial charge in [0.05, 0.1) is 5.92 Å². The molecule has 0 heterocycles. The van der Waals surface area contributed by atoms with Gasteiger partial charge >= 0.3 is 0 Å². The predicted octanol–water partition coefficient (Wildman–Crippen LogP) is 2.34. The van der Waals surface area contributed by atoms with Gasteiger partial charge in [0.1, 0.15) is 0 Å². The average molecular weight is 234 g/mol. The minimum atomic E-state index is -0.118. The van der Waals surface area contributed by atoms with Crippen molar-refractivity contribution in [1.29, 1.82) is 0 Å². The van der Waals surface area contributed by atoms with Crippen molar-refractivity contribution >= 4 is 5.91 Å². The third kappa shape index (κ3) is 4.19. The van der Waals surface area contributed by atoms with Gasteiger partial charge in [0, 0.05) is 14.1 Å². The molecular weight excluding hydrogens is 212 g/mol. The molecule has 1 aromatic rings. The van der Waals surface area contributed by atoms with Crippen LogP contribution in [-0.4, -0.2) is 25.0 Å². The fraction of sp³-hybridized carbons (Fsp3) is 0.500. The lowest BCUT2D eigenvalue weighted by Crippen LogP contribution is -2.38. The van der Waals surface area contributed by atoms with Crippen LogP contribution in [0, 0.1) is 0 Å². The molecule has 0 spiro atoms. The molecule has 3 nitrogen and oxygen atoms in total. The lowest BCUT2D eigenvalue weighted by Gasteiger charge is -2.17. The Morgan fingerprint density at radius 1 is 1.29 bits per heavy atom. The van der Waals surface area contributed by atoms with Gasteiger partial charge in [0.15, 0.2) is 0 Å². The van der Waals surface area contributed by atoms with Crippen LogP contribution in [0.25, 0.3) is 0 Å². The van der Waals surface area contributed by atoms with Gasteiger partial charge in [-0.25, -0.2) is 5.01 Å². The lowest BCUT2D eigenvalue weighted by atomic mass is 9.98. The second kappa shape index (κ2) is 6.40. The van der Waals surface area contributed by atoms with Crippen LogP contribution < -0.4 is 5.43 Å². The smallest absolute Gasteiger partial charge is 0.241 e. The fourth-order valence-electron chi connectivity index (χ4n) is 1.73. The zero-order chi connectivity index (χ0) is 12.8. The highest BCUT2D eigenvalue weighted by Crippen LogP contribution is 2.16. The highest BCUT2D eigenvalue weighted by atomic mass is 16.2. The SMILES string of the molecule is CCCc1ccc(C(C)C(=O)NN(C)C)cc1. The number of carbonyl (C=O) groups excluding carboxylic acids is 1. The molecule has 0 radical (unpaired) electrons. The molecule has 0 aliphatic carbocycles. The Kier molecular flexibility index (Phi) is 5.16. The normalized spacial score (nSPS) is 12.5. The molecule has 1 unspecified atom stereocenters. The van der Waals surface area contributed by atoms with Gasteiger partial charge in [-0.2, -0.15) is 0 Å². The Labute approximate surface area is 104 Å². The van der Waals surface area contributed by atoms with Crippen LogP contribution in [0.2, 0.25) is 0 Å².